The molecule has 0 saturated carbocycles. The van der Waals surface area contributed by atoms with Crippen LogP contribution in [0.1, 0.15) is 10.4 Å². The number of amides is 1. The van der Waals surface area contributed by atoms with Crippen LogP contribution in [-0.4, -0.2) is 44.7 Å². The Bertz CT molecular complexity index is 701. The normalized spacial score (nSPS) is 10.4. The second-order valence-electron chi connectivity index (χ2n) is 5.75. The molecule has 0 fully saturated rings. The Morgan fingerprint density at radius 1 is 1.27 bits per heavy atom. The molecule has 1 aromatic carbocycles. The predicted octanol–water partition coefficient (Wildman–Crippen LogP) is 3.11. The molecule has 1 aromatic heterocycles. The number of nitrogens with one attached hydrogen (secondary N) is 1. The highest BCUT2D eigenvalue weighted by Crippen LogP contribution is 2.27. The predicted molar refractivity (Wildman–Crippen MR) is 106 cm³/mol. The Morgan fingerprint density at radius 2 is 2.08 bits per heavy atom. The van der Waals surface area contributed by atoms with Crippen LogP contribution in [0.15, 0.2) is 48.4 Å². The van der Waals surface area contributed by atoms with Crippen LogP contribution < -0.4 is 14.8 Å². The van der Waals surface area contributed by atoms with Gasteiger partial charge in [-0.3, -0.25) is 4.79 Å². The fraction of sp³-hybridized carbons (Fsp3) is 0.350. The summed E-state index contributed by atoms with van der Waals surface area (Å²) < 4.78 is 10.6. The zero-order valence-corrected chi connectivity index (χ0v) is 16.2. The summed E-state index contributed by atoms with van der Waals surface area (Å²) in [6, 6.07) is 9.92. The van der Waals surface area contributed by atoms with Gasteiger partial charge in [0.05, 0.1) is 27.3 Å². The maximum absolute atomic E-state index is 12.6. The number of ether oxygens (including phenoxy) is 2. The van der Waals surface area contributed by atoms with Crippen molar-refractivity contribution in [2.75, 3.05) is 33.9 Å². The fourth-order valence-corrected chi connectivity index (χ4v) is 3.30. The van der Waals surface area contributed by atoms with Crippen LogP contribution in [-0.2, 0) is 17.8 Å². The SMILES string of the molecule is C=CCNCC(=O)N(CCc1ccc(OC)c(OC)c1)Cc1cccs1. The number of hydrogen-bond donors (Lipinski definition) is 1. The van der Waals surface area contributed by atoms with Gasteiger partial charge >= 0.3 is 0 Å². The summed E-state index contributed by atoms with van der Waals surface area (Å²) in [6.07, 6.45) is 2.50. The molecule has 2 rings (SSSR count). The summed E-state index contributed by atoms with van der Waals surface area (Å²) >= 11 is 1.66. The summed E-state index contributed by atoms with van der Waals surface area (Å²) in [5.74, 6) is 1.49. The maximum atomic E-state index is 12.6. The first kappa shape index (κ1) is 20.0. The van der Waals surface area contributed by atoms with E-state index in [1.807, 2.05) is 34.5 Å². The van der Waals surface area contributed by atoms with Crippen molar-refractivity contribution in [3.8, 4) is 11.5 Å². The molecule has 140 valence electrons. The third-order valence-electron chi connectivity index (χ3n) is 3.96. The fourth-order valence-electron chi connectivity index (χ4n) is 2.58. The van der Waals surface area contributed by atoms with Crippen LogP contribution >= 0.6 is 11.3 Å². The van der Waals surface area contributed by atoms with Gasteiger partial charge in [0.15, 0.2) is 11.5 Å². The molecule has 0 aliphatic carbocycles. The molecule has 6 heteroatoms. The molecule has 1 heterocycles. The van der Waals surface area contributed by atoms with E-state index in [2.05, 4.69) is 18.0 Å². The van der Waals surface area contributed by atoms with Crippen molar-refractivity contribution >= 4 is 17.2 Å². The average molecular weight is 375 g/mol. The maximum Gasteiger partial charge on any atom is 0.236 e. The van der Waals surface area contributed by atoms with Crippen LogP contribution in [0.5, 0.6) is 11.5 Å². The Labute approximate surface area is 159 Å². The van der Waals surface area contributed by atoms with E-state index in [-0.39, 0.29) is 5.91 Å². The van der Waals surface area contributed by atoms with E-state index in [0.717, 1.165) is 12.0 Å². The Morgan fingerprint density at radius 3 is 2.73 bits per heavy atom. The van der Waals surface area contributed by atoms with Crippen LogP contribution in [0.25, 0.3) is 0 Å². The molecule has 0 bridgehead atoms. The molecule has 0 spiro atoms. The molecule has 0 aliphatic heterocycles. The highest BCUT2D eigenvalue weighted by atomic mass is 32.1. The van der Waals surface area contributed by atoms with E-state index in [9.17, 15) is 4.79 Å². The number of rotatable bonds is 11. The van der Waals surface area contributed by atoms with Crippen LogP contribution in [0.2, 0.25) is 0 Å². The summed E-state index contributed by atoms with van der Waals surface area (Å²) in [6.45, 7) is 5.86. The first-order valence-electron chi connectivity index (χ1n) is 8.50. The lowest BCUT2D eigenvalue weighted by Gasteiger charge is -2.22. The van der Waals surface area contributed by atoms with Crippen LogP contribution in [0.3, 0.4) is 0 Å². The lowest BCUT2D eigenvalue weighted by Crippen LogP contribution is -2.38. The van der Waals surface area contributed by atoms with E-state index in [1.165, 1.54) is 4.88 Å². The lowest BCUT2D eigenvalue weighted by atomic mass is 10.1. The molecule has 26 heavy (non-hydrogen) atoms. The topological polar surface area (TPSA) is 50.8 Å². The largest absolute Gasteiger partial charge is 0.493 e. The smallest absolute Gasteiger partial charge is 0.236 e. The quantitative estimate of drug-likeness (QED) is 0.485. The van der Waals surface area contributed by atoms with Gasteiger partial charge in [0.1, 0.15) is 0 Å². The van der Waals surface area contributed by atoms with Crippen molar-refractivity contribution in [2.24, 2.45) is 0 Å². The molecule has 0 aliphatic rings. The molecular formula is C20H26N2O3S. The monoisotopic (exact) mass is 374 g/mol. The van der Waals surface area contributed by atoms with Crippen molar-refractivity contribution in [3.05, 3.63) is 58.8 Å². The second-order valence-corrected chi connectivity index (χ2v) is 6.79. The summed E-state index contributed by atoms with van der Waals surface area (Å²) in [5.41, 5.74) is 1.10. The van der Waals surface area contributed by atoms with Gasteiger partial charge in [-0.1, -0.05) is 18.2 Å². The minimum Gasteiger partial charge on any atom is -0.493 e. The summed E-state index contributed by atoms with van der Waals surface area (Å²) in [5, 5.41) is 5.11. The lowest BCUT2D eigenvalue weighted by molar-refractivity contribution is -0.130. The van der Waals surface area contributed by atoms with Gasteiger partial charge in [0.2, 0.25) is 5.91 Å². The number of benzene rings is 1. The van der Waals surface area contributed by atoms with Crippen molar-refractivity contribution in [3.63, 3.8) is 0 Å². The number of hydrogen-bond acceptors (Lipinski definition) is 5. The van der Waals surface area contributed by atoms with Gasteiger partial charge in [-0.15, -0.1) is 17.9 Å². The van der Waals surface area contributed by atoms with Crippen LogP contribution in [0, 0.1) is 0 Å². The van der Waals surface area contributed by atoms with Gasteiger partial charge < -0.3 is 19.7 Å². The molecular weight excluding hydrogens is 348 g/mol. The molecule has 0 radical (unpaired) electrons. The zero-order valence-electron chi connectivity index (χ0n) is 15.4. The van der Waals surface area contributed by atoms with Gasteiger partial charge in [0, 0.05) is 18.0 Å². The standard InChI is InChI=1S/C20H26N2O3S/c1-4-10-21-14-20(23)22(15-17-6-5-12-26-17)11-9-16-7-8-18(24-2)19(13-16)25-3/h4-8,12-13,21H,1,9-11,14-15H2,2-3H3. The van der Waals surface area contributed by atoms with Crippen molar-refractivity contribution in [1.82, 2.24) is 10.2 Å². The Balaban J connectivity index is 2.03. The van der Waals surface area contributed by atoms with Gasteiger partial charge in [0.25, 0.3) is 0 Å². The van der Waals surface area contributed by atoms with E-state index in [4.69, 9.17) is 9.47 Å². The molecule has 1 amide bonds. The number of nitrogens with zero attached hydrogens (tertiary/aromatic N) is 1. The van der Waals surface area contributed by atoms with Crippen molar-refractivity contribution < 1.29 is 14.3 Å². The zero-order chi connectivity index (χ0) is 18.8. The summed E-state index contributed by atoms with van der Waals surface area (Å²) in [4.78, 5) is 15.6. The number of thiophene rings is 1. The van der Waals surface area contributed by atoms with E-state index >= 15 is 0 Å². The van der Waals surface area contributed by atoms with E-state index < -0.39 is 0 Å². The number of carbonyl (C=O) groups is 1. The molecule has 0 unspecified atom stereocenters. The molecule has 0 atom stereocenters. The van der Waals surface area contributed by atoms with Gasteiger partial charge in [-0.05, 0) is 35.6 Å². The van der Waals surface area contributed by atoms with Crippen LogP contribution in [0.4, 0.5) is 0 Å². The van der Waals surface area contributed by atoms with E-state index in [1.54, 1.807) is 31.6 Å². The highest BCUT2D eigenvalue weighted by molar-refractivity contribution is 7.09. The van der Waals surface area contributed by atoms with Crippen molar-refractivity contribution in [2.45, 2.75) is 13.0 Å². The third-order valence-corrected chi connectivity index (χ3v) is 4.82. The second kappa shape index (κ2) is 10.6. The number of methoxy groups -OCH3 is 2. The first-order valence-corrected chi connectivity index (χ1v) is 9.38. The number of carbonyl (C=O) groups excluding carboxylic acids is 1. The Hall–Kier alpha value is -2.31. The molecule has 5 nitrogen and oxygen atoms in total. The summed E-state index contributed by atoms with van der Waals surface area (Å²) in [7, 11) is 3.24. The van der Waals surface area contributed by atoms with Crippen molar-refractivity contribution in [1.29, 1.82) is 0 Å². The Kier molecular flexibility index (Phi) is 8.18. The first-order chi connectivity index (χ1) is 12.7. The molecule has 2 aromatic rings. The minimum atomic E-state index is 0.0840. The third kappa shape index (κ3) is 5.89. The minimum absolute atomic E-state index is 0.0840. The van der Waals surface area contributed by atoms with Gasteiger partial charge in [-0.25, -0.2) is 0 Å². The average Bonchev–Trinajstić information content (AvgIpc) is 3.18. The molecule has 1 N–H and O–H groups in total. The van der Waals surface area contributed by atoms with Gasteiger partial charge in [-0.2, -0.15) is 0 Å². The molecule has 0 saturated heterocycles. The highest BCUT2D eigenvalue weighted by Gasteiger charge is 2.15. The van der Waals surface area contributed by atoms with E-state index in [0.29, 0.717) is 37.7 Å².